The molecule has 3 rings (SSSR count). The molecule has 2 N–H and O–H groups in total. The van der Waals surface area contributed by atoms with Gasteiger partial charge in [-0.25, -0.2) is 0 Å². The van der Waals surface area contributed by atoms with Crippen LogP contribution in [0.15, 0.2) is 84.9 Å². The summed E-state index contributed by atoms with van der Waals surface area (Å²) in [5.74, 6) is -0.00801. The van der Waals surface area contributed by atoms with Crippen LogP contribution in [-0.2, 0) is 11.3 Å². The maximum absolute atomic E-state index is 12.5. The summed E-state index contributed by atoms with van der Waals surface area (Å²) in [5.41, 5.74) is 2.84. The molecule has 1 atom stereocenters. The largest absolute Gasteiger partial charge is 0.508 e. The third-order valence-electron chi connectivity index (χ3n) is 4.24. The first-order chi connectivity index (χ1) is 12.2. The zero-order chi connectivity index (χ0) is 17.5. The monoisotopic (exact) mass is 331 g/mol. The Labute approximate surface area is 148 Å². The molecule has 0 saturated carbocycles. The molecule has 0 bridgehead atoms. The van der Waals surface area contributed by atoms with Crippen molar-refractivity contribution in [1.82, 2.24) is 5.32 Å². The van der Waals surface area contributed by atoms with Gasteiger partial charge in [0.15, 0.2) is 0 Å². The van der Waals surface area contributed by atoms with E-state index < -0.39 is 0 Å². The Bertz CT molecular complexity index is 816. The number of para-hydroxylation sites is 1. The van der Waals surface area contributed by atoms with Crippen molar-refractivity contribution in [3.05, 3.63) is 102 Å². The van der Waals surface area contributed by atoms with Crippen LogP contribution in [0.25, 0.3) is 0 Å². The van der Waals surface area contributed by atoms with Crippen LogP contribution < -0.4 is 5.32 Å². The lowest BCUT2D eigenvalue weighted by molar-refractivity contribution is -0.121. The number of nitrogens with one attached hydrogen (secondary N) is 1. The van der Waals surface area contributed by atoms with Crippen LogP contribution in [0.2, 0.25) is 0 Å². The Morgan fingerprint density at radius 1 is 0.840 bits per heavy atom. The molecule has 0 aliphatic rings. The number of aromatic hydroxyl groups is 1. The lowest BCUT2D eigenvalue weighted by Crippen LogP contribution is -2.25. The zero-order valence-corrected chi connectivity index (χ0v) is 13.9. The molecule has 3 aromatic carbocycles. The minimum absolute atomic E-state index is 0.0408. The number of carbonyl (C=O) groups is 1. The maximum atomic E-state index is 12.5. The van der Waals surface area contributed by atoms with Gasteiger partial charge in [0.05, 0.1) is 0 Å². The average molecular weight is 331 g/mol. The molecule has 0 heterocycles. The standard InChI is InChI=1S/C22H21NO2/c24-21-14-8-7-13-19(21)20(18-11-5-2-6-12-18)15-22(25)23-16-17-9-3-1-4-10-17/h1-14,20,24H,15-16H2,(H,23,25)/t20-/m1/s1. The van der Waals surface area contributed by atoms with E-state index >= 15 is 0 Å². The fraction of sp³-hybridized carbons (Fsp3) is 0.136. The van der Waals surface area contributed by atoms with Crippen LogP contribution in [0.5, 0.6) is 5.75 Å². The lowest BCUT2D eigenvalue weighted by Gasteiger charge is -2.19. The predicted molar refractivity (Wildman–Crippen MR) is 99.3 cm³/mol. The van der Waals surface area contributed by atoms with Gasteiger partial charge in [-0.05, 0) is 17.2 Å². The van der Waals surface area contributed by atoms with Crippen LogP contribution in [-0.4, -0.2) is 11.0 Å². The molecule has 0 aromatic heterocycles. The first-order valence-corrected chi connectivity index (χ1v) is 8.37. The number of amides is 1. The van der Waals surface area contributed by atoms with Gasteiger partial charge < -0.3 is 10.4 Å². The van der Waals surface area contributed by atoms with E-state index in [9.17, 15) is 9.90 Å². The number of hydrogen-bond acceptors (Lipinski definition) is 2. The highest BCUT2D eigenvalue weighted by Gasteiger charge is 2.20. The summed E-state index contributed by atoms with van der Waals surface area (Å²) in [5, 5.41) is 13.2. The van der Waals surface area contributed by atoms with E-state index in [1.807, 2.05) is 72.8 Å². The van der Waals surface area contributed by atoms with Crippen LogP contribution >= 0.6 is 0 Å². The number of carbonyl (C=O) groups excluding carboxylic acids is 1. The van der Waals surface area contributed by atoms with E-state index in [0.29, 0.717) is 6.54 Å². The summed E-state index contributed by atoms with van der Waals surface area (Å²) in [6.45, 7) is 0.502. The Hall–Kier alpha value is -3.07. The first-order valence-electron chi connectivity index (χ1n) is 8.37. The quantitative estimate of drug-likeness (QED) is 0.710. The number of phenolic OH excluding ortho intramolecular Hbond substituents is 1. The fourth-order valence-corrected chi connectivity index (χ4v) is 2.93. The van der Waals surface area contributed by atoms with Crippen molar-refractivity contribution < 1.29 is 9.90 Å². The predicted octanol–water partition coefficient (Wildman–Crippen LogP) is 4.23. The van der Waals surface area contributed by atoms with Gasteiger partial charge in [-0.15, -0.1) is 0 Å². The van der Waals surface area contributed by atoms with E-state index in [-0.39, 0.29) is 24.0 Å². The van der Waals surface area contributed by atoms with Gasteiger partial charge in [-0.1, -0.05) is 78.9 Å². The Morgan fingerprint density at radius 3 is 2.12 bits per heavy atom. The van der Waals surface area contributed by atoms with Gasteiger partial charge in [0.25, 0.3) is 0 Å². The fourth-order valence-electron chi connectivity index (χ4n) is 2.93. The normalized spacial score (nSPS) is 11.7. The van der Waals surface area contributed by atoms with Crippen molar-refractivity contribution in [2.45, 2.75) is 18.9 Å². The second kappa shape index (κ2) is 8.15. The molecule has 0 spiro atoms. The average Bonchev–Trinajstić information content (AvgIpc) is 2.67. The summed E-state index contributed by atoms with van der Waals surface area (Å²) in [6, 6.07) is 26.9. The van der Waals surface area contributed by atoms with E-state index in [0.717, 1.165) is 16.7 Å². The van der Waals surface area contributed by atoms with E-state index in [1.165, 1.54) is 0 Å². The summed E-state index contributed by atoms with van der Waals surface area (Å²) >= 11 is 0. The van der Waals surface area contributed by atoms with Crippen LogP contribution in [0, 0.1) is 0 Å². The summed E-state index contributed by atoms with van der Waals surface area (Å²) < 4.78 is 0. The molecule has 1 amide bonds. The highest BCUT2D eigenvalue weighted by Crippen LogP contribution is 2.33. The van der Waals surface area contributed by atoms with Crippen molar-refractivity contribution in [3.8, 4) is 5.75 Å². The topological polar surface area (TPSA) is 49.3 Å². The highest BCUT2D eigenvalue weighted by molar-refractivity contribution is 5.77. The van der Waals surface area contributed by atoms with Gasteiger partial charge in [-0.3, -0.25) is 4.79 Å². The smallest absolute Gasteiger partial charge is 0.221 e. The molecule has 3 nitrogen and oxygen atoms in total. The van der Waals surface area contributed by atoms with E-state index in [2.05, 4.69) is 5.32 Å². The third-order valence-corrected chi connectivity index (χ3v) is 4.24. The molecule has 3 aromatic rings. The minimum atomic E-state index is -0.182. The third kappa shape index (κ3) is 4.48. The molecule has 0 radical (unpaired) electrons. The van der Waals surface area contributed by atoms with Gasteiger partial charge in [0, 0.05) is 24.4 Å². The molecule has 126 valence electrons. The highest BCUT2D eigenvalue weighted by atomic mass is 16.3. The number of hydrogen-bond donors (Lipinski definition) is 2. The van der Waals surface area contributed by atoms with Crippen molar-refractivity contribution in [1.29, 1.82) is 0 Å². The molecular weight excluding hydrogens is 310 g/mol. The Kier molecular flexibility index (Phi) is 5.47. The molecule has 0 unspecified atom stereocenters. The molecule has 0 fully saturated rings. The molecule has 25 heavy (non-hydrogen) atoms. The van der Waals surface area contributed by atoms with Gasteiger partial charge in [0.2, 0.25) is 5.91 Å². The number of benzene rings is 3. The van der Waals surface area contributed by atoms with E-state index in [4.69, 9.17) is 0 Å². The Morgan fingerprint density at radius 2 is 1.44 bits per heavy atom. The summed E-state index contributed by atoms with van der Waals surface area (Å²) in [7, 11) is 0. The van der Waals surface area contributed by atoms with Crippen LogP contribution in [0.3, 0.4) is 0 Å². The SMILES string of the molecule is O=C(C[C@H](c1ccccc1)c1ccccc1O)NCc1ccccc1. The number of rotatable bonds is 6. The van der Waals surface area contributed by atoms with E-state index in [1.54, 1.807) is 12.1 Å². The van der Waals surface area contributed by atoms with Crippen molar-refractivity contribution in [2.24, 2.45) is 0 Å². The zero-order valence-electron chi connectivity index (χ0n) is 13.9. The molecule has 0 aliphatic carbocycles. The number of phenols is 1. The first kappa shape index (κ1) is 16.8. The second-order valence-corrected chi connectivity index (χ2v) is 5.99. The van der Waals surface area contributed by atoms with Gasteiger partial charge in [-0.2, -0.15) is 0 Å². The minimum Gasteiger partial charge on any atom is -0.508 e. The van der Waals surface area contributed by atoms with Gasteiger partial charge in [0.1, 0.15) is 5.75 Å². The van der Waals surface area contributed by atoms with Gasteiger partial charge >= 0.3 is 0 Å². The molecule has 0 saturated heterocycles. The van der Waals surface area contributed by atoms with Crippen LogP contribution in [0.4, 0.5) is 0 Å². The molecule has 3 heteroatoms. The van der Waals surface area contributed by atoms with Crippen molar-refractivity contribution >= 4 is 5.91 Å². The summed E-state index contributed by atoms with van der Waals surface area (Å²) in [6.07, 6.45) is 0.286. The van der Waals surface area contributed by atoms with Crippen LogP contribution in [0.1, 0.15) is 29.0 Å². The molecular formula is C22H21NO2. The lowest BCUT2D eigenvalue weighted by atomic mass is 9.87. The van der Waals surface area contributed by atoms with Crippen molar-refractivity contribution in [2.75, 3.05) is 0 Å². The molecule has 0 aliphatic heterocycles. The second-order valence-electron chi connectivity index (χ2n) is 5.99. The van der Waals surface area contributed by atoms with Crippen molar-refractivity contribution in [3.63, 3.8) is 0 Å². The summed E-state index contributed by atoms with van der Waals surface area (Å²) in [4.78, 5) is 12.5. The Balaban J connectivity index is 1.76. The maximum Gasteiger partial charge on any atom is 0.221 e.